The number of aromatic nitrogens is 4. The molecule has 0 aliphatic rings. The third kappa shape index (κ3) is 2.54. The summed E-state index contributed by atoms with van der Waals surface area (Å²) in [5.41, 5.74) is 2.00. The lowest BCUT2D eigenvalue weighted by Gasteiger charge is -2.06. The van der Waals surface area contributed by atoms with Gasteiger partial charge in [0.15, 0.2) is 5.82 Å². The van der Waals surface area contributed by atoms with E-state index in [1.54, 1.807) is 10.9 Å². The Hall–Kier alpha value is -2.63. The van der Waals surface area contributed by atoms with Crippen molar-refractivity contribution in [3.8, 4) is 5.82 Å². The van der Waals surface area contributed by atoms with Gasteiger partial charge in [-0.2, -0.15) is 5.10 Å². The van der Waals surface area contributed by atoms with Crippen molar-refractivity contribution in [1.82, 2.24) is 19.7 Å². The number of rotatable bonds is 4. The molecule has 0 amide bonds. The first kappa shape index (κ1) is 12.4. The van der Waals surface area contributed by atoms with Gasteiger partial charge in [0.05, 0.1) is 18.5 Å². The lowest BCUT2D eigenvalue weighted by atomic mass is 10.4. The van der Waals surface area contributed by atoms with Crippen molar-refractivity contribution in [3.05, 3.63) is 54.0 Å². The molecule has 0 aliphatic carbocycles. The van der Waals surface area contributed by atoms with E-state index in [2.05, 4.69) is 20.4 Å². The minimum atomic E-state index is 0.584. The van der Waals surface area contributed by atoms with Crippen LogP contribution in [0, 0.1) is 13.8 Å². The van der Waals surface area contributed by atoms with Gasteiger partial charge in [-0.05, 0) is 32.0 Å². The molecule has 20 heavy (non-hydrogen) atoms. The van der Waals surface area contributed by atoms with Crippen LogP contribution in [-0.2, 0) is 6.54 Å². The molecule has 102 valence electrons. The Morgan fingerprint density at radius 3 is 2.85 bits per heavy atom. The van der Waals surface area contributed by atoms with Gasteiger partial charge in [-0.25, -0.2) is 14.6 Å². The molecule has 1 N–H and O–H groups in total. The predicted molar refractivity (Wildman–Crippen MR) is 74.7 cm³/mol. The maximum Gasteiger partial charge on any atom is 0.159 e. The minimum Gasteiger partial charge on any atom is -0.467 e. The van der Waals surface area contributed by atoms with Crippen LogP contribution in [0.4, 0.5) is 5.82 Å². The lowest BCUT2D eigenvalue weighted by molar-refractivity contribution is 0.518. The van der Waals surface area contributed by atoms with Crippen LogP contribution in [0.25, 0.3) is 5.82 Å². The smallest absolute Gasteiger partial charge is 0.159 e. The number of nitrogens with one attached hydrogen (secondary N) is 1. The van der Waals surface area contributed by atoms with Crippen LogP contribution in [0.5, 0.6) is 0 Å². The molecule has 3 heterocycles. The molecular formula is C14H15N5O. The van der Waals surface area contributed by atoms with Gasteiger partial charge < -0.3 is 9.73 Å². The third-order valence-electron chi connectivity index (χ3n) is 2.90. The summed E-state index contributed by atoms with van der Waals surface area (Å²) in [4.78, 5) is 8.45. The molecule has 0 unspecified atom stereocenters. The average molecular weight is 269 g/mol. The number of anilines is 1. The van der Waals surface area contributed by atoms with Gasteiger partial charge in [0.1, 0.15) is 17.9 Å². The monoisotopic (exact) mass is 269 g/mol. The highest BCUT2D eigenvalue weighted by atomic mass is 16.3. The predicted octanol–water partition coefficient (Wildman–Crippen LogP) is 2.48. The summed E-state index contributed by atoms with van der Waals surface area (Å²) in [5, 5.41) is 7.61. The van der Waals surface area contributed by atoms with E-state index in [-0.39, 0.29) is 0 Å². The molecule has 0 spiro atoms. The van der Waals surface area contributed by atoms with Crippen LogP contribution in [0.15, 0.2) is 41.3 Å². The van der Waals surface area contributed by atoms with Crippen molar-refractivity contribution < 1.29 is 4.42 Å². The normalized spacial score (nSPS) is 10.7. The topological polar surface area (TPSA) is 68.8 Å². The van der Waals surface area contributed by atoms with Crippen molar-refractivity contribution in [2.75, 3.05) is 5.32 Å². The highest BCUT2D eigenvalue weighted by molar-refractivity contribution is 5.41. The molecule has 3 aromatic heterocycles. The molecule has 3 rings (SSSR count). The van der Waals surface area contributed by atoms with E-state index in [9.17, 15) is 0 Å². The summed E-state index contributed by atoms with van der Waals surface area (Å²) in [5.74, 6) is 2.34. The summed E-state index contributed by atoms with van der Waals surface area (Å²) in [6.45, 7) is 4.54. The molecular weight excluding hydrogens is 254 g/mol. The van der Waals surface area contributed by atoms with Crippen LogP contribution in [0.3, 0.4) is 0 Å². The minimum absolute atomic E-state index is 0.584. The Morgan fingerprint density at radius 2 is 2.15 bits per heavy atom. The van der Waals surface area contributed by atoms with Crippen LogP contribution in [-0.4, -0.2) is 19.7 Å². The third-order valence-corrected chi connectivity index (χ3v) is 2.90. The van der Waals surface area contributed by atoms with Gasteiger partial charge in [0, 0.05) is 11.8 Å². The fraction of sp³-hybridized carbons (Fsp3) is 0.214. The molecule has 6 nitrogen and oxygen atoms in total. The Morgan fingerprint density at radius 1 is 1.25 bits per heavy atom. The average Bonchev–Trinajstić information content (AvgIpc) is 3.06. The van der Waals surface area contributed by atoms with E-state index in [1.807, 2.05) is 38.1 Å². The summed E-state index contributed by atoms with van der Waals surface area (Å²) in [7, 11) is 0. The zero-order valence-corrected chi connectivity index (χ0v) is 11.4. The van der Waals surface area contributed by atoms with E-state index in [1.165, 1.54) is 6.33 Å². The van der Waals surface area contributed by atoms with E-state index < -0.39 is 0 Å². The van der Waals surface area contributed by atoms with Gasteiger partial charge in [0.2, 0.25) is 0 Å². The van der Waals surface area contributed by atoms with Gasteiger partial charge in [-0.1, -0.05) is 0 Å². The Balaban J connectivity index is 1.80. The van der Waals surface area contributed by atoms with Crippen molar-refractivity contribution >= 4 is 5.82 Å². The van der Waals surface area contributed by atoms with Crippen LogP contribution in [0.1, 0.15) is 17.1 Å². The molecule has 0 aliphatic heterocycles. The Kier molecular flexibility index (Phi) is 3.20. The van der Waals surface area contributed by atoms with Crippen molar-refractivity contribution in [1.29, 1.82) is 0 Å². The number of furan rings is 1. The zero-order valence-electron chi connectivity index (χ0n) is 11.4. The van der Waals surface area contributed by atoms with E-state index in [0.29, 0.717) is 6.54 Å². The second-order valence-corrected chi connectivity index (χ2v) is 4.53. The van der Waals surface area contributed by atoms with Crippen LogP contribution < -0.4 is 5.32 Å². The second kappa shape index (κ2) is 5.16. The standard InChI is InChI=1S/C14H15N5O/c1-10-6-11(2)19(18-10)14-7-13(16-9-17-14)15-8-12-4-3-5-20-12/h3-7,9H,8H2,1-2H3,(H,15,16,17). The molecule has 0 radical (unpaired) electrons. The fourth-order valence-corrected chi connectivity index (χ4v) is 2.01. The first-order valence-electron chi connectivity index (χ1n) is 6.34. The highest BCUT2D eigenvalue weighted by Crippen LogP contribution is 2.13. The van der Waals surface area contributed by atoms with Crippen molar-refractivity contribution in [2.45, 2.75) is 20.4 Å². The van der Waals surface area contributed by atoms with E-state index >= 15 is 0 Å². The maximum atomic E-state index is 5.27. The SMILES string of the molecule is Cc1cc(C)n(-c2cc(NCc3ccco3)ncn2)n1. The van der Waals surface area contributed by atoms with E-state index in [4.69, 9.17) is 4.42 Å². The molecule has 6 heteroatoms. The number of aryl methyl sites for hydroxylation is 2. The van der Waals surface area contributed by atoms with Gasteiger partial charge in [0.25, 0.3) is 0 Å². The Labute approximate surface area is 116 Å². The first-order chi connectivity index (χ1) is 9.72. The van der Waals surface area contributed by atoms with Crippen molar-refractivity contribution in [2.24, 2.45) is 0 Å². The molecule has 0 saturated carbocycles. The molecule has 3 aromatic rings. The summed E-state index contributed by atoms with van der Waals surface area (Å²) < 4.78 is 7.07. The summed E-state index contributed by atoms with van der Waals surface area (Å²) >= 11 is 0. The van der Waals surface area contributed by atoms with Gasteiger partial charge in [-0.3, -0.25) is 0 Å². The molecule has 0 aromatic carbocycles. The van der Waals surface area contributed by atoms with Crippen LogP contribution in [0.2, 0.25) is 0 Å². The summed E-state index contributed by atoms with van der Waals surface area (Å²) in [6, 6.07) is 7.65. The summed E-state index contributed by atoms with van der Waals surface area (Å²) in [6.07, 6.45) is 3.18. The lowest BCUT2D eigenvalue weighted by Crippen LogP contribution is -2.06. The first-order valence-corrected chi connectivity index (χ1v) is 6.34. The molecule has 0 saturated heterocycles. The maximum absolute atomic E-state index is 5.27. The number of hydrogen-bond donors (Lipinski definition) is 1. The van der Waals surface area contributed by atoms with E-state index in [0.717, 1.165) is 28.8 Å². The zero-order chi connectivity index (χ0) is 13.9. The Bertz CT molecular complexity index is 702. The van der Waals surface area contributed by atoms with Gasteiger partial charge >= 0.3 is 0 Å². The van der Waals surface area contributed by atoms with Crippen LogP contribution >= 0.6 is 0 Å². The molecule has 0 fully saturated rings. The fourth-order valence-electron chi connectivity index (χ4n) is 2.01. The quantitative estimate of drug-likeness (QED) is 0.788. The highest BCUT2D eigenvalue weighted by Gasteiger charge is 2.06. The molecule has 0 bridgehead atoms. The molecule has 0 atom stereocenters. The second-order valence-electron chi connectivity index (χ2n) is 4.53. The largest absolute Gasteiger partial charge is 0.467 e. The number of nitrogens with zero attached hydrogens (tertiary/aromatic N) is 4. The van der Waals surface area contributed by atoms with Gasteiger partial charge in [-0.15, -0.1) is 0 Å². The van der Waals surface area contributed by atoms with Crippen molar-refractivity contribution in [3.63, 3.8) is 0 Å². The number of hydrogen-bond acceptors (Lipinski definition) is 5.